The minimum Gasteiger partial charge on any atom is -0.437 e. The molecule has 0 amide bonds. The molecule has 1 heterocycles. The Kier molecular flexibility index (Phi) is 3.92. The molecule has 3 heteroatoms. The first-order chi connectivity index (χ1) is 10.3. The Bertz CT molecular complexity index is 712. The Labute approximate surface area is 124 Å². The maximum absolute atomic E-state index is 5.81. The third kappa shape index (κ3) is 3.45. The highest BCUT2D eigenvalue weighted by molar-refractivity contribution is 5.30. The van der Waals surface area contributed by atoms with Gasteiger partial charge in [0.15, 0.2) is 0 Å². The molecule has 0 N–H and O–H groups in total. The zero-order valence-electron chi connectivity index (χ0n) is 11.9. The molecule has 21 heavy (non-hydrogen) atoms. The van der Waals surface area contributed by atoms with Crippen LogP contribution in [0, 0.1) is 6.92 Å². The smallest absolute Gasteiger partial charge is 0.241 e. The van der Waals surface area contributed by atoms with Gasteiger partial charge in [-0.25, -0.2) is 4.98 Å². The number of rotatable bonds is 4. The molecule has 0 unspecified atom stereocenters. The SMILES string of the molecule is Cc1ncc(Cc2ccccc2)nc1Oc1ccccc1. The fraction of sp³-hybridized carbons (Fsp3) is 0.111. The average Bonchev–Trinajstić information content (AvgIpc) is 2.53. The van der Waals surface area contributed by atoms with Crippen molar-refractivity contribution in [1.29, 1.82) is 0 Å². The van der Waals surface area contributed by atoms with Gasteiger partial charge >= 0.3 is 0 Å². The lowest BCUT2D eigenvalue weighted by atomic mass is 10.1. The first-order valence-corrected chi connectivity index (χ1v) is 6.90. The van der Waals surface area contributed by atoms with Crippen molar-refractivity contribution in [3.63, 3.8) is 0 Å². The molecule has 0 aliphatic heterocycles. The summed E-state index contributed by atoms with van der Waals surface area (Å²) < 4.78 is 5.81. The predicted molar refractivity (Wildman–Crippen MR) is 82.5 cm³/mol. The van der Waals surface area contributed by atoms with Crippen molar-refractivity contribution in [2.45, 2.75) is 13.3 Å². The molecule has 0 bridgehead atoms. The minimum absolute atomic E-state index is 0.564. The molecule has 3 aromatic rings. The largest absolute Gasteiger partial charge is 0.437 e. The van der Waals surface area contributed by atoms with E-state index in [1.807, 2.05) is 55.5 Å². The van der Waals surface area contributed by atoms with Crippen molar-refractivity contribution in [1.82, 2.24) is 9.97 Å². The molecule has 0 aliphatic rings. The van der Waals surface area contributed by atoms with Crippen LogP contribution in [0.25, 0.3) is 0 Å². The number of aromatic nitrogens is 2. The fourth-order valence-corrected chi connectivity index (χ4v) is 2.05. The van der Waals surface area contributed by atoms with Gasteiger partial charge in [0.1, 0.15) is 5.75 Å². The Balaban J connectivity index is 1.83. The lowest BCUT2D eigenvalue weighted by Crippen LogP contribution is -1.99. The zero-order chi connectivity index (χ0) is 14.5. The minimum atomic E-state index is 0.564. The van der Waals surface area contributed by atoms with Crippen molar-refractivity contribution in [2.24, 2.45) is 0 Å². The van der Waals surface area contributed by atoms with Crippen molar-refractivity contribution in [2.75, 3.05) is 0 Å². The summed E-state index contributed by atoms with van der Waals surface area (Å²) in [7, 11) is 0. The standard InChI is InChI=1S/C18H16N2O/c1-14-18(21-17-10-6-3-7-11-17)20-16(13-19-14)12-15-8-4-2-5-9-15/h2-11,13H,12H2,1H3. The van der Waals surface area contributed by atoms with E-state index < -0.39 is 0 Å². The van der Waals surface area contributed by atoms with E-state index in [2.05, 4.69) is 22.1 Å². The van der Waals surface area contributed by atoms with E-state index in [-0.39, 0.29) is 0 Å². The maximum Gasteiger partial charge on any atom is 0.241 e. The zero-order valence-corrected chi connectivity index (χ0v) is 11.9. The van der Waals surface area contributed by atoms with E-state index >= 15 is 0 Å². The van der Waals surface area contributed by atoms with Crippen LogP contribution in [0.3, 0.4) is 0 Å². The van der Waals surface area contributed by atoms with E-state index in [1.165, 1.54) is 5.56 Å². The van der Waals surface area contributed by atoms with Gasteiger partial charge in [0.2, 0.25) is 5.88 Å². The summed E-state index contributed by atoms with van der Waals surface area (Å²) in [6.45, 7) is 1.90. The molecule has 0 fully saturated rings. The van der Waals surface area contributed by atoms with Gasteiger partial charge in [-0.2, -0.15) is 0 Å². The van der Waals surface area contributed by atoms with Crippen molar-refractivity contribution < 1.29 is 4.74 Å². The Hall–Kier alpha value is -2.68. The molecule has 2 aromatic carbocycles. The first kappa shape index (κ1) is 13.3. The van der Waals surface area contributed by atoms with Gasteiger partial charge < -0.3 is 4.74 Å². The summed E-state index contributed by atoms with van der Waals surface area (Å²) in [5.74, 6) is 1.33. The Morgan fingerprint density at radius 2 is 1.57 bits per heavy atom. The maximum atomic E-state index is 5.81. The average molecular weight is 276 g/mol. The molecule has 0 aliphatic carbocycles. The molecule has 0 saturated carbocycles. The number of ether oxygens (including phenoxy) is 1. The van der Waals surface area contributed by atoms with Crippen LogP contribution < -0.4 is 4.74 Å². The topological polar surface area (TPSA) is 35.0 Å². The summed E-state index contributed by atoms with van der Waals surface area (Å²) in [4.78, 5) is 8.96. The second kappa shape index (κ2) is 6.18. The van der Waals surface area contributed by atoms with Gasteiger partial charge in [-0.15, -0.1) is 0 Å². The number of aryl methyl sites for hydroxylation is 1. The van der Waals surface area contributed by atoms with Gasteiger partial charge in [-0.05, 0) is 24.6 Å². The highest BCUT2D eigenvalue weighted by atomic mass is 16.5. The van der Waals surface area contributed by atoms with E-state index in [1.54, 1.807) is 6.20 Å². The lowest BCUT2D eigenvalue weighted by Gasteiger charge is -2.09. The van der Waals surface area contributed by atoms with Crippen LogP contribution in [0.2, 0.25) is 0 Å². The molecule has 0 atom stereocenters. The van der Waals surface area contributed by atoms with Crippen LogP contribution in [0.15, 0.2) is 66.9 Å². The van der Waals surface area contributed by atoms with Crippen LogP contribution in [0.5, 0.6) is 11.6 Å². The van der Waals surface area contributed by atoms with Gasteiger partial charge in [0.05, 0.1) is 11.4 Å². The Morgan fingerprint density at radius 1 is 0.905 bits per heavy atom. The summed E-state index contributed by atoms with van der Waals surface area (Å²) >= 11 is 0. The number of nitrogens with zero attached hydrogens (tertiary/aromatic N) is 2. The molecule has 0 radical (unpaired) electrons. The molecule has 3 rings (SSSR count). The number of para-hydroxylation sites is 1. The highest BCUT2D eigenvalue weighted by Crippen LogP contribution is 2.22. The van der Waals surface area contributed by atoms with Crippen LogP contribution in [0.1, 0.15) is 17.0 Å². The first-order valence-electron chi connectivity index (χ1n) is 6.90. The summed E-state index contributed by atoms with van der Waals surface area (Å²) in [6.07, 6.45) is 2.56. The monoisotopic (exact) mass is 276 g/mol. The third-order valence-corrected chi connectivity index (χ3v) is 3.15. The summed E-state index contributed by atoms with van der Waals surface area (Å²) in [5.41, 5.74) is 2.90. The van der Waals surface area contributed by atoms with E-state index in [9.17, 15) is 0 Å². The van der Waals surface area contributed by atoms with Crippen LogP contribution in [-0.4, -0.2) is 9.97 Å². The lowest BCUT2D eigenvalue weighted by molar-refractivity contribution is 0.453. The Morgan fingerprint density at radius 3 is 2.29 bits per heavy atom. The quantitative estimate of drug-likeness (QED) is 0.717. The van der Waals surface area contributed by atoms with E-state index in [4.69, 9.17) is 4.74 Å². The van der Waals surface area contributed by atoms with Crippen molar-refractivity contribution >= 4 is 0 Å². The third-order valence-electron chi connectivity index (χ3n) is 3.15. The van der Waals surface area contributed by atoms with Crippen LogP contribution in [0.4, 0.5) is 0 Å². The van der Waals surface area contributed by atoms with E-state index in [0.29, 0.717) is 5.88 Å². The molecular formula is C18H16N2O. The molecule has 3 nitrogen and oxygen atoms in total. The number of hydrogen-bond acceptors (Lipinski definition) is 3. The van der Waals surface area contributed by atoms with Gasteiger partial charge in [0, 0.05) is 12.6 Å². The van der Waals surface area contributed by atoms with E-state index in [0.717, 1.165) is 23.6 Å². The van der Waals surface area contributed by atoms with Crippen molar-refractivity contribution in [3.05, 3.63) is 83.8 Å². The van der Waals surface area contributed by atoms with Gasteiger partial charge in [-0.1, -0.05) is 48.5 Å². The second-order valence-electron chi connectivity index (χ2n) is 4.83. The molecule has 1 aromatic heterocycles. The van der Waals surface area contributed by atoms with Gasteiger partial charge in [0.25, 0.3) is 0 Å². The fourth-order valence-electron chi connectivity index (χ4n) is 2.05. The van der Waals surface area contributed by atoms with Crippen LogP contribution >= 0.6 is 0 Å². The summed E-state index contributed by atoms with van der Waals surface area (Å²) in [6, 6.07) is 19.9. The van der Waals surface area contributed by atoms with Crippen molar-refractivity contribution in [3.8, 4) is 11.6 Å². The molecule has 104 valence electrons. The highest BCUT2D eigenvalue weighted by Gasteiger charge is 2.07. The predicted octanol–water partition coefficient (Wildman–Crippen LogP) is 4.17. The summed E-state index contributed by atoms with van der Waals surface area (Å²) in [5, 5.41) is 0. The molecule has 0 spiro atoms. The number of hydrogen-bond donors (Lipinski definition) is 0. The normalized spacial score (nSPS) is 10.3. The second-order valence-corrected chi connectivity index (χ2v) is 4.83. The molecule has 0 saturated heterocycles. The van der Waals surface area contributed by atoms with Crippen LogP contribution in [-0.2, 0) is 6.42 Å². The molecular weight excluding hydrogens is 260 g/mol. The van der Waals surface area contributed by atoms with Gasteiger partial charge in [-0.3, -0.25) is 4.98 Å². The number of benzene rings is 2.